The molecule has 1 N–H and O–H groups in total. The monoisotopic (exact) mass is 435 g/mol. The molecule has 7 heteroatoms. The summed E-state index contributed by atoms with van der Waals surface area (Å²) in [5.41, 5.74) is 1.49. The first-order valence-corrected chi connectivity index (χ1v) is 11.8. The largest absolute Gasteiger partial charge is 0.497 e. The average molecular weight is 436 g/mol. The van der Waals surface area contributed by atoms with Crippen molar-refractivity contribution in [2.24, 2.45) is 11.8 Å². The molecule has 30 heavy (non-hydrogen) atoms. The smallest absolute Gasteiger partial charge is 0.357 e. The van der Waals surface area contributed by atoms with E-state index in [-0.39, 0.29) is 11.8 Å². The van der Waals surface area contributed by atoms with Crippen molar-refractivity contribution in [1.82, 2.24) is 0 Å². The SMILES string of the molecule is COc1ccc([C@@H](Nc2ccccc2)P(=O)(OCC(C)C)OCC(C)C)c(OC)c1. The minimum Gasteiger partial charge on any atom is -0.497 e. The average Bonchev–Trinajstić information content (AvgIpc) is 2.75. The molecular formula is C23H34NO5P. The van der Waals surface area contributed by atoms with Crippen LogP contribution in [0.3, 0.4) is 0 Å². The molecule has 2 aromatic rings. The van der Waals surface area contributed by atoms with Gasteiger partial charge in [-0.15, -0.1) is 0 Å². The van der Waals surface area contributed by atoms with E-state index in [0.29, 0.717) is 30.3 Å². The zero-order valence-corrected chi connectivity index (χ0v) is 19.6. The lowest BCUT2D eigenvalue weighted by Gasteiger charge is -2.30. The maximum Gasteiger partial charge on any atom is 0.357 e. The Morgan fingerprint density at radius 2 is 1.47 bits per heavy atom. The number of hydrogen-bond acceptors (Lipinski definition) is 6. The molecule has 0 amide bonds. The molecule has 2 rings (SSSR count). The van der Waals surface area contributed by atoms with Crippen molar-refractivity contribution < 1.29 is 23.1 Å². The third-order valence-electron chi connectivity index (χ3n) is 4.30. The molecule has 0 radical (unpaired) electrons. The quantitative estimate of drug-likeness (QED) is 0.392. The van der Waals surface area contributed by atoms with Crippen molar-refractivity contribution in [3.8, 4) is 11.5 Å². The van der Waals surface area contributed by atoms with Gasteiger partial charge in [0.15, 0.2) is 5.78 Å². The molecule has 0 heterocycles. The van der Waals surface area contributed by atoms with Crippen LogP contribution in [0.25, 0.3) is 0 Å². The van der Waals surface area contributed by atoms with Gasteiger partial charge in [-0.25, -0.2) is 0 Å². The number of methoxy groups -OCH3 is 2. The topological polar surface area (TPSA) is 66.0 Å². The Bertz CT molecular complexity index is 810. The van der Waals surface area contributed by atoms with E-state index in [0.717, 1.165) is 5.69 Å². The zero-order chi connectivity index (χ0) is 22.1. The number of rotatable bonds is 12. The third-order valence-corrected chi connectivity index (χ3v) is 6.36. The normalized spacial score (nSPS) is 12.8. The second-order valence-electron chi connectivity index (χ2n) is 7.94. The molecule has 2 aromatic carbocycles. The summed E-state index contributed by atoms with van der Waals surface area (Å²) in [6, 6.07) is 15.0. The van der Waals surface area contributed by atoms with Gasteiger partial charge in [0.1, 0.15) is 11.5 Å². The van der Waals surface area contributed by atoms with Gasteiger partial charge < -0.3 is 23.8 Å². The summed E-state index contributed by atoms with van der Waals surface area (Å²) in [6.07, 6.45) is 0. The fraction of sp³-hybridized carbons (Fsp3) is 0.478. The van der Waals surface area contributed by atoms with E-state index in [1.165, 1.54) is 0 Å². The predicted molar refractivity (Wildman–Crippen MR) is 122 cm³/mol. The van der Waals surface area contributed by atoms with E-state index >= 15 is 0 Å². The Kier molecular flexibility index (Phi) is 9.22. The fourth-order valence-corrected chi connectivity index (χ4v) is 5.00. The minimum atomic E-state index is -3.62. The second kappa shape index (κ2) is 11.4. The molecule has 0 spiro atoms. The van der Waals surface area contributed by atoms with Gasteiger partial charge in [0, 0.05) is 17.3 Å². The van der Waals surface area contributed by atoms with Crippen molar-refractivity contribution >= 4 is 13.3 Å². The first kappa shape index (κ1) is 24.3. The number of anilines is 1. The molecule has 6 nitrogen and oxygen atoms in total. The molecule has 0 aliphatic carbocycles. The number of ether oxygens (including phenoxy) is 2. The van der Waals surface area contributed by atoms with Crippen LogP contribution in [0.2, 0.25) is 0 Å². The Balaban J connectivity index is 2.55. The molecule has 0 saturated carbocycles. The van der Waals surface area contributed by atoms with Crippen molar-refractivity contribution in [1.29, 1.82) is 0 Å². The van der Waals surface area contributed by atoms with Crippen molar-refractivity contribution in [3.63, 3.8) is 0 Å². The van der Waals surface area contributed by atoms with Gasteiger partial charge >= 0.3 is 7.60 Å². The lowest BCUT2D eigenvalue weighted by molar-refractivity contribution is 0.168. The van der Waals surface area contributed by atoms with Crippen LogP contribution >= 0.6 is 7.60 Å². The molecule has 0 unspecified atom stereocenters. The number of hydrogen-bond donors (Lipinski definition) is 1. The van der Waals surface area contributed by atoms with Crippen molar-refractivity contribution in [2.75, 3.05) is 32.8 Å². The minimum absolute atomic E-state index is 0.205. The van der Waals surface area contributed by atoms with Crippen LogP contribution in [0.5, 0.6) is 11.5 Å². The van der Waals surface area contributed by atoms with Gasteiger partial charge in [-0.3, -0.25) is 4.57 Å². The molecule has 0 fully saturated rings. The fourth-order valence-electron chi connectivity index (χ4n) is 2.76. The molecule has 166 valence electrons. The van der Waals surface area contributed by atoms with E-state index in [9.17, 15) is 4.57 Å². The van der Waals surface area contributed by atoms with Gasteiger partial charge in [0.25, 0.3) is 0 Å². The van der Waals surface area contributed by atoms with Crippen molar-refractivity contribution in [2.45, 2.75) is 33.5 Å². The van der Waals surface area contributed by atoms with Gasteiger partial charge in [-0.1, -0.05) is 45.9 Å². The lowest BCUT2D eigenvalue weighted by Crippen LogP contribution is -2.18. The number of para-hydroxylation sites is 1. The molecule has 0 aromatic heterocycles. The number of benzene rings is 2. The van der Waals surface area contributed by atoms with Crippen LogP contribution in [-0.2, 0) is 13.6 Å². The Morgan fingerprint density at radius 3 is 1.97 bits per heavy atom. The first-order valence-electron chi connectivity index (χ1n) is 10.2. The van der Waals surface area contributed by atoms with Gasteiger partial charge in [-0.05, 0) is 36.1 Å². The summed E-state index contributed by atoms with van der Waals surface area (Å²) in [6.45, 7) is 8.70. The zero-order valence-electron chi connectivity index (χ0n) is 18.8. The summed E-state index contributed by atoms with van der Waals surface area (Å²) >= 11 is 0. The summed E-state index contributed by atoms with van der Waals surface area (Å²) in [4.78, 5) is 0. The van der Waals surface area contributed by atoms with E-state index in [2.05, 4.69) is 5.32 Å². The maximum atomic E-state index is 14.2. The molecule has 0 bridgehead atoms. The summed E-state index contributed by atoms with van der Waals surface area (Å²) < 4.78 is 37.0. The lowest BCUT2D eigenvalue weighted by atomic mass is 10.1. The van der Waals surface area contributed by atoms with Crippen LogP contribution in [0.1, 0.15) is 39.0 Å². The highest BCUT2D eigenvalue weighted by Crippen LogP contribution is 2.62. The third kappa shape index (κ3) is 6.76. The Hall–Kier alpha value is -2.01. The highest BCUT2D eigenvalue weighted by molar-refractivity contribution is 7.54. The van der Waals surface area contributed by atoms with Crippen molar-refractivity contribution in [3.05, 3.63) is 54.1 Å². The standard InChI is InChI=1S/C23H34NO5P/c1-17(2)15-28-30(25,29-16-18(3)4)23(24-19-10-8-7-9-11-19)21-13-12-20(26-5)14-22(21)27-6/h7-14,17-18,23-24H,15-16H2,1-6H3/t23-/m0/s1. The molecule has 1 atom stereocenters. The van der Waals surface area contributed by atoms with E-state index in [1.807, 2.05) is 70.2 Å². The molecule has 0 aliphatic rings. The summed E-state index contributed by atoms with van der Waals surface area (Å²) in [7, 11) is -0.450. The van der Waals surface area contributed by atoms with E-state index in [4.69, 9.17) is 18.5 Å². The highest BCUT2D eigenvalue weighted by atomic mass is 31.2. The summed E-state index contributed by atoms with van der Waals surface area (Å²) in [5, 5.41) is 3.36. The van der Waals surface area contributed by atoms with Crippen LogP contribution in [0.4, 0.5) is 5.69 Å². The first-order chi connectivity index (χ1) is 14.3. The van der Waals surface area contributed by atoms with Gasteiger partial charge in [0.05, 0.1) is 27.4 Å². The molecular weight excluding hydrogens is 401 g/mol. The van der Waals surface area contributed by atoms with Crippen LogP contribution < -0.4 is 14.8 Å². The van der Waals surface area contributed by atoms with Crippen LogP contribution in [-0.4, -0.2) is 27.4 Å². The van der Waals surface area contributed by atoms with E-state index < -0.39 is 13.4 Å². The van der Waals surface area contributed by atoms with Gasteiger partial charge in [0.2, 0.25) is 0 Å². The number of nitrogens with one attached hydrogen (secondary N) is 1. The van der Waals surface area contributed by atoms with E-state index in [1.54, 1.807) is 20.3 Å². The second-order valence-corrected chi connectivity index (χ2v) is 10.1. The van der Waals surface area contributed by atoms with Crippen LogP contribution in [0.15, 0.2) is 48.5 Å². The van der Waals surface area contributed by atoms with Gasteiger partial charge in [-0.2, -0.15) is 0 Å². The Morgan fingerprint density at radius 1 is 0.867 bits per heavy atom. The van der Waals surface area contributed by atoms with Crippen LogP contribution in [0, 0.1) is 11.8 Å². The summed E-state index contributed by atoms with van der Waals surface area (Å²) in [5.74, 6) is 0.852. The highest BCUT2D eigenvalue weighted by Gasteiger charge is 2.40. The molecule has 0 aliphatic heterocycles. The predicted octanol–water partition coefficient (Wildman–Crippen LogP) is 6.35. The Labute approximate surface area is 180 Å². The molecule has 0 saturated heterocycles. The maximum absolute atomic E-state index is 14.2.